The van der Waals surface area contributed by atoms with Crippen molar-refractivity contribution in [1.82, 2.24) is 5.43 Å². The van der Waals surface area contributed by atoms with Crippen molar-refractivity contribution in [2.24, 2.45) is 0 Å². The molecule has 0 atom stereocenters. The van der Waals surface area contributed by atoms with E-state index in [4.69, 9.17) is 0 Å². The summed E-state index contributed by atoms with van der Waals surface area (Å²) < 4.78 is 0. The van der Waals surface area contributed by atoms with E-state index in [2.05, 4.69) is 17.6 Å². The minimum atomic E-state index is -0.123. The average Bonchev–Trinajstić information content (AvgIpc) is 2.62. The molecule has 1 aliphatic heterocycles. The topological polar surface area (TPSA) is 32.3 Å². The molecule has 4 rings (SSSR count). The largest absolute Gasteiger partial charge is 0.270 e. The van der Waals surface area contributed by atoms with Crippen molar-refractivity contribution >= 4 is 29.0 Å². The molecule has 0 aromatic heterocycles. The quantitative estimate of drug-likeness (QED) is 0.747. The van der Waals surface area contributed by atoms with Gasteiger partial charge in [-0.2, -0.15) is 0 Å². The molecule has 0 unspecified atom stereocenters. The number of hydrogen-bond donors (Lipinski definition) is 1. The number of amides is 1. The molecule has 1 heterocycles. The number of carbonyl (C=O) groups excluding carboxylic acids is 1. The first kappa shape index (κ1) is 13.9. The van der Waals surface area contributed by atoms with E-state index in [-0.39, 0.29) is 5.91 Å². The molecule has 0 radical (unpaired) electrons. The highest BCUT2D eigenvalue weighted by Gasteiger charge is 2.24. The van der Waals surface area contributed by atoms with Gasteiger partial charge in [0.1, 0.15) is 0 Å². The zero-order valence-corrected chi connectivity index (χ0v) is 13.1. The van der Waals surface area contributed by atoms with Crippen molar-refractivity contribution in [2.45, 2.75) is 9.79 Å². The zero-order valence-electron chi connectivity index (χ0n) is 12.3. The van der Waals surface area contributed by atoms with Gasteiger partial charge in [0.2, 0.25) is 0 Å². The van der Waals surface area contributed by atoms with Crippen molar-refractivity contribution in [2.75, 3.05) is 5.01 Å². The number of hydrogen-bond acceptors (Lipinski definition) is 3. The van der Waals surface area contributed by atoms with E-state index < -0.39 is 0 Å². The van der Waals surface area contributed by atoms with Crippen molar-refractivity contribution in [3.8, 4) is 0 Å². The van der Waals surface area contributed by atoms with E-state index in [1.807, 2.05) is 71.7 Å². The van der Waals surface area contributed by atoms with Crippen LogP contribution in [0.5, 0.6) is 0 Å². The molecule has 1 amide bonds. The fourth-order valence-corrected chi connectivity index (χ4v) is 3.64. The lowest BCUT2D eigenvalue weighted by atomic mass is 10.2. The lowest BCUT2D eigenvalue weighted by molar-refractivity contribution is 0.0953. The maximum absolute atomic E-state index is 12.6. The Morgan fingerprint density at radius 1 is 0.739 bits per heavy atom. The van der Waals surface area contributed by atoms with Crippen molar-refractivity contribution in [1.29, 1.82) is 0 Å². The van der Waals surface area contributed by atoms with E-state index in [1.54, 1.807) is 11.8 Å². The SMILES string of the molecule is O=C(NN1c2ccccc2Sc2ccccc21)c1ccccc1. The summed E-state index contributed by atoms with van der Waals surface area (Å²) in [5, 5.41) is 1.87. The second-order valence-corrected chi connectivity index (χ2v) is 6.26. The van der Waals surface area contributed by atoms with Gasteiger partial charge < -0.3 is 0 Å². The van der Waals surface area contributed by atoms with Crippen molar-refractivity contribution in [3.05, 3.63) is 84.4 Å². The molecule has 0 spiro atoms. The Balaban J connectivity index is 1.74. The lowest BCUT2D eigenvalue weighted by Gasteiger charge is -2.32. The van der Waals surface area contributed by atoms with Crippen LogP contribution in [0.1, 0.15) is 10.4 Å². The number of anilines is 2. The predicted molar refractivity (Wildman–Crippen MR) is 93.1 cm³/mol. The van der Waals surface area contributed by atoms with Gasteiger partial charge in [-0.25, -0.2) is 0 Å². The molecule has 0 bridgehead atoms. The number of benzene rings is 3. The van der Waals surface area contributed by atoms with Crippen LogP contribution in [0.4, 0.5) is 11.4 Å². The fourth-order valence-electron chi connectivity index (χ4n) is 2.58. The molecule has 3 aromatic carbocycles. The van der Waals surface area contributed by atoms with Crippen LogP contribution in [0.15, 0.2) is 88.7 Å². The van der Waals surface area contributed by atoms with Crippen LogP contribution in [0.2, 0.25) is 0 Å². The Labute approximate surface area is 138 Å². The van der Waals surface area contributed by atoms with Crippen LogP contribution in [0, 0.1) is 0 Å². The van der Waals surface area contributed by atoms with Crippen molar-refractivity contribution in [3.63, 3.8) is 0 Å². The third-order valence-corrected chi connectivity index (χ3v) is 4.81. The van der Waals surface area contributed by atoms with Crippen LogP contribution in [0.25, 0.3) is 0 Å². The number of nitrogens with zero attached hydrogens (tertiary/aromatic N) is 1. The molecular weight excluding hydrogens is 304 g/mol. The number of rotatable bonds is 2. The van der Waals surface area contributed by atoms with Gasteiger partial charge >= 0.3 is 0 Å². The first-order valence-corrected chi connectivity index (χ1v) is 8.17. The summed E-state index contributed by atoms with van der Waals surface area (Å²) in [6.07, 6.45) is 0. The third kappa shape index (κ3) is 2.58. The second-order valence-electron chi connectivity index (χ2n) is 5.18. The Bertz CT molecular complexity index is 819. The lowest BCUT2D eigenvalue weighted by Crippen LogP contribution is -2.40. The van der Waals surface area contributed by atoms with Crippen molar-refractivity contribution < 1.29 is 4.79 Å². The molecule has 4 heteroatoms. The summed E-state index contributed by atoms with van der Waals surface area (Å²) in [5.74, 6) is -0.123. The minimum absolute atomic E-state index is 0.123. The monoisotopic (exact) mass is 318 g/mol. The Hall–Kier alpha value is -2.72. The number of fused-ring (bicyclic) bond motifs is 2. The maximum atomic E-state index is 12.6. The van der Waals surface area contributed by atoms with Gasteiger partial charge in [0.25, 0.3) is 5.91 Å². The van der Waals surface area contributed by atoms with Gasteiger partial charge in [-0.1, -0.05) is 54.2 Å². The Morgan fingerprint density at radius 3 is 1.87 bits per heavy atom. The molecule has 3 nitrogen and oxygen atoms in total. The van der Waals surface area contributed by atoms with E-state index >= 15 is 0 Å². The van der Waals surface area contributed by atoms with Crippen LogP contribution in [-0.4, -0.2) is 5.91 Å². The first-order chi connectivity index (χ1) is 11.3. The minimum Gasteiger partial charge on any atom is -0.267 e. The van der Waals surface area contributed by atoms with Gasteiger partial charge in [-0.05, 0) is 36.4 Å². The number of carbonyl (C=O) groups is 1. The molecule has 0 saturated carbocycles. The molecular formula is C19H14N2OS. The summed E-state index contributed by atoms with van der Waals surface area (Å²) in [6, 6.07) is 25.4. The number of hydrazine groups is 1. The Kier molecular flexibility index (Phi) is 3.52. The highest BCUT2D eigenvalue weighted by Crippen LogP contribution is 2.46. The summed E-state index contributed by atoms with van der Waals surface area (Å²) in [4.78, 5) is 14.8. The number of para-hydroxylation sites is 2. The summed E-state index contributed by atoms with van der Waals surface area (Å²) in [5.41, 5.74) is 5.64. The normalized spacial score (nSPS) is 12.3. The van der Waals surface area contributed by atoms with Gasteiger partial charge in [-0.3, -0.25) is 15.2 Å². The second kappa shape index (κ2) is 5.82. The van der Waals surface area contributed by atoms with E-state index in [1.165, 1.54) is 0 Å². The third-order valence-electron chi connectivity index (χ3n) is 3.68. The molecule has 112 valence electrons. The molecule has 0 saturated heterocycles. The summed E-state index contributed by atoms with van der Waals surface area (Å²) in [6.45, 7) is 0. The van der Waals surface area contributed by atoms with Crippen LogP contribution in [-0.2, 0) is 0 Å². The highest BCUT2D eigenvalue weighted by molar-refractivity contribution is 7.99. The maximum Gasteiger partial charge on any atom is 0.270 e. The molecule has 1 aliphatic rings. The average molecular weight is 318 g/mol. The van der Waals surface area contributed by atoms with Crippen LogP contribution in [0.3, 0.4) is 0 Å². The van der Waals surface area contributed by atoms with Gasteiger partial charge in [0.15, 0.2) is 0 Å². The van der Waals surface area contributed by atoms with E-state index in [0.717, 1.165) is 21.2 Å². The molecule has 3 aromatic rings. The van der Waals surface area contributed by atoms with Crippen LogP contribution < -0.4 is 10.4 Å². The number of nitrogens with one attached hydrogen (secondary N) is 1. The standard InChI is InChI=1S/C19H14N2OS/c22-19(14-8-2-1-3-9-14)20-21-15-10-4-6-12-17(15)23-18-13-7-5-11-16(18)21/h1-13H,(H,20,22). The van der Waals surface area contributed by atoms with Crippen LogP contribution >= 0.6 is 11.8 Å². The Morgan fingerprint density at radius 2 is 1.26 bits per heavy atom. The molecule has 0 fully saturated rings. The predicted octanol–water partition coefficient (Wildman–Crippen LogP) is 4.63. The molecule has 0 aliphatic carbocycles. The molecule has 1 N–H and O–H groups in total. The van der Waals surface area contributed by atoms with Gasteiger partial charge in [-0.15, -0.1) is 0 Å². The summed E-state index contributed by atoms with van der Waals surface area (Å²) in [7, 11) is 0. The van der Waals surface area contributed by atoms with E-state index in [0.29, 0.717) is 5.56 Å². The van der Waals surface area contributed by atoms with E-state index in [9.17, 15) is 4.79 Å². The fraction of sp³-hybridized carbons (Fsp3) is 0. The van der Waals surface area contributed by atoms with Gasteiger partial charge in [0, 0.05) is 15.4 Å². The van der Waals surface area contributed by atoms with Gasteiger partial charge in [0.05, 0.1) is 11.4 Å². The molecule has 23 heavy (non-hydrogen) atoms. The highest BCUT2D eigenvalue weighted by atomic mass is 32.2. The zero-order chi connectivity index (χ0) is 15.6. The first-order valence-electron chi connectivity index (χ1n) is 7.35. The summed E-state index contributed by atoms with van der Waals surface area (Å²) >= 11 is 1.72. The smallest absolute Gasteiger partial charge is 0.267 e.